The second kappa shape index (κ2) is 6.89. The van der Waals surface area contributed by atoms with Gasteiger partial charge in [0.15, 0.2) is 0 Å². The van der Waals surface area contributed by atoms with Crippen molar-refractivity contribution in [3.05, 3.63) is 48.0 Å². The Morgan fingerprint density at radius 1 is 1.15 bits per heavy atom. The monoisotopic (exact) mass is 274 g/mol. The lowest BCUT2D eigenvalue weighted by atomic mass is 9.91. The Kier molecular flexibility index (Phi) is 4.93. The minimum absolute atomic E-state index is 0.303. The maximum absolute atomic E-state index is 12.0. The first-order valence-corrected chi connectivity index (χ1v) is 6.80. The highest BCUT2D eigenvalue weighted by Gasteiger charge is 2.33. The van der Waals surface area contributed by atoms with E-state index in [4.69, 9.17) is 9.47 Å². The van der Waals surface area contributed by atoms with Crippen LogP contribution in [0.15, 0.2) is 42.5 Å². The molecule has 0 unspecified atom stereocenters. The molecule has 0 bridgehead atoms. The van der Waals surface area contributed by atoms with Gasteiger partial charge in [0.25, 0.3) is 0 Å². The average Bonchev–Trinajstić information content (AvgIpc) is 2.49. The van der Waals surface area contributed by atoms with Gasteiger partial charge in [-0.3, -0.25) is 4.79 Å². The number of hydrogen-bond donors (Lipinski definition) is 0. The summed E-state index contributed by atoms with van der Waals surface area (Å²) in [6.45, 7) is 2.10. The van der Waals surface area contributed by atoms with Crippen molar-refractivity contribution in [2.75, 3.05) is 6.61 Å². The molecule has 106 valence electrons. The zero-order valence-corrected chi connectivity index (χ0v) is 11.5. The summed E-state index contributed by atoms with van der Waals surface area (Å²) < 4.78 is 10.5. The molecule has 0 N–H and O–H groups in total. The number of allylic oxidation sites excluding steroid dienone is 1. The molecule has 0 fully saturated rings. The highest BCUT2D eigenvalue weighted by Crippen LogP contribution is 2.24. The molecule has 0 aliphatic heterocycles. The largest absolute Gasteiger partial charge is 0.466 e. The summed E-state index contributed by atoms with van der Waals surface area (Å²) in [6, 6.07) is 8.78. The minimum Gasteiger partial charge on any atom is -0.466 e. The highest BCUT2D eigenvalue weighted by molar-refractivity contribution is 5.89. The van der Waals surface area contributed by atoms with E-state index in [0.717, 1.165) is 0 Å². The van der Waals surface area contributed by atoms with Crippen LogP contribution in [-0.4, -0.2) is 24.6 Å². The zero-order chi connectivity index (χ0) is 14.4. The van der Waals surface area contributed by atoms with Crippen LogP contribution in [0.4, 0.5) is 0 Å². The van der Waals surface area contributed by atoms with Crippen molar-refractivity contribution in [1.29, 1.82) is 0 Å². The minimum atomic E-state index is -0.452. The molecule has 1 aliphatic carbocycles. The van der Waals surface area contributed by atoms with Crippen LogP contribution >= 0.6 is 0 Å². The van der Waals surface area contributed by atoms with Gasteiger partial charge in [-0.1, -0.05) is 30.4 Å². The summed E-state index contributed by atoms with van der Waals surface area (Å²) in [4.78, 5) is 23.9. The number of hydrogen-bond acceptors (Lipinski definition) is 4. The predicted molar refractivity (Wildman–Crippen MR) is 74.1 cm³/mol. The van der Waals surface area contributed by atoms with Crippen LogP contribution < -0.4 is 0 Å². The molecule has 1 aromatic carbocycles. The van der Waals surface area contributed by atoms with E-state index in [9.17, 15) is 9.59 Å². The molecule has 1 aliphatic rings. The number of carbonyl (C=O) groups excluding carboxylic acids is 2. The van der Waals surface area contributed by atoms with Crippen LogP contribution in [0.2, 0.25) is 0 Å². The van der Waals surface area contributed by atoms with Gasteiger partial charge in [-0.25, -0.2) is 4.79 Å². The smallest absolute Gasteiger partial charge is 0.338 e. The Bertz CT molecular complexity index is 492. The van der Waals surface area contributed by atoms with Gasteiger partial charge in [-0.15, -0.1) is 0 Å². The van der Waals surface area contributed by atoms with E-state index >= 15 is 0 Å². The second-order valence-corrected chi connectivity index (χ2v) is 4.61. The number of esters is 2. The Balaban J connectivity index is 2.04. The second-order valence-electron chi connectivity index (χ2n) is 4.61. The number of carbonyl (C=O) groups is 2. The Morgan fingerprint density at radius 3 is 2.55 bits per heavy atom. The standard InChI is InChI=1S/C16H18O4/c1-2-19-16(18)13-10-6-7-11-14(13)20-15(17)12-8-4-3-5-9-12/h3-9,13-14H,2,10-11H2,1H3/t13-,14+/m0/s1. The SMILES string of the molecule is CCOC(=O)[C@H]1CC=CC[C@H]1OC(=O)c1ccccc1. The van der Waals surface area contributed by atoms with E-state index in [1.54, 1.807) is 31.2 Å². The first-order chi connectivity index (χ1) is 9.72. The van der Waals surface area contributed by atoms with Gasteiger partial charge in [0.05, 0.1) is 18.1 Å². The van der Waals surface area contributed by atoms with E-state index in [1.165, 1.54) is 0 Å². The zero-order valence-electron chi connectivity index (χ0n) is 11.5. The van der Waals surface area contributed by atoms with E-state index in [-0.39, 0.29) is 5.97 Å². The predicted octanol–water partition coefficient (Wildman–Crippen LogP) is 2.74. The van der Waals surface area contributed by atoms with Crippen LogP contribution in [0, 0.1) is 5.92 Å². The van der Waals surface area contributed by atoms with Gasteiger partial charge in [-0.2, -0.15) is 0 Å². The molecule has 0 spiro atoms. The third-order valence-electron chi connectivity index (χ3n) is 3.23. The molecule has 20 heavy (non-hydrogen) atoms. The molecule has 0 radical (unpaired) electrons. The van der Waals surface area contributed by atoms with Gasteiger partial charge < -0.3 is 9.47 Å². The molecule has 0 aromatic heterocycles. The highest BCUT2D eigenvalue weighted by atomic mass is 16.6. The van der Waals surface area contributed by atoms with Crippen LogP contribution in [0.25, 0.3) is 0 Å². The summed E-state index contributed by atoms with van der Waals surface area (Å²) in [6.07, 6.45) is 4.49. The number of rotatable bonds is 4. The Labute approximate surface area is 118 Å². The summed E-state index contributed by atoms with van der Waals surface area (Å²) in [7, 11) is 0. The molecule has 0 amide bonds. The molecule has 0 saturated carbocycles. The summed E-state index contributed by atoms with van der Waals surface area (Å²) in [5.74, 6) is -1.12. The van der Waals surface area contributed by atoms with Crippen LogP contribution in [-0.2, 0) is 14.3 Å². The molecule has 4 nitrogen and oxygen atoms in total. The Morgan fingerprint density at radius 2 is 1.85 bits per heavy atom. The van der Waals surface area contributed by atoms with E-state index in [2.05, 4.69) is 0 Å². The lowest BCUT2D eigenvalue weighted by Gasteiger charge is -2.26. The number of ether oxygens (including phenoxy) is 2. The van der Waals surface area contributed by atoms with Crippen LogP contribution in [0.1, 0.15) is 30.1 Å². The molecule has 2 rings (SSSR count). The third-order valence-corrected chi connectivity index (χ3v) is 3.23. The van der Waals surface area contributed by atoms with Crippen LogP contribution in [0.5, 0.6) is 0 Å². The van der Waals surface area contributed by atoms with Gasteiger partial charge >= 0.3 is 11.9 Å². The normalized spacial score (nSPS) is 21.2. The summed E-state index contributed by atoms with van der Waals surface area (Å²) in [5, 5.41) is 0. The lowest BCUT2D eigenvalue weighted by Crippen LogP contribution is -2.35. The Hall–Kier alpha value is -2.10. The van der Waals surface area contributed by atoms with Gasteiger partial charge in [-0.05, 0) is 25.5 Å². The fourth-order valence-corrected chi connectivity index (χ4v) is 2.20. The molecule has 0 heterocycles. The summed E-state index contributed by atoms with van der Waals surface area (Å²) >= 11 is 0. The average molecular weight is 274 g/mol. The maximum Gasteiger partial charge on any atom is 0.338 e. The van der Waals surface area contributed by atoms with Gasteiger partial charge in [0.2, 0.25) is 0 Å². The van der Waals surface area contributed by atoms with Crippen molar-refractivity contribution in [1.82, 2.24) is 0 Å². The first kappa shape index (κ1) is 14.3. The molecule has 2 atom stereocenters. The van der Waals surface area contributed by atoms with Crippen LogP contribution in [0.3, 0.4) is 0 Å². The van der Waals surface area contributed by atoms with Crippen molar-refractivity contribution in [2.45, 2.75) is 25.9 Å². The molecular weight excluding hydrogens is 256 g/mol. The third kappa shape index (κ3) is 3.47. The topological polar surface area (TPSA) is 52.6 Å². The van der Waals surface area contributed by atoms with Gasteiger partial charge in [0.1, 0.15) is 6.10 Å². The first-order valence-electron chi connectivity index (χ1n) is 6.80. The molecule has 4 heteroatoms. The van der Waals surface area contributed by atoms with Crippen molar-refractivity contribution in [2.24, 2.45) is 5.92 Å². The quantitative estimate of drug-likeness (QED) is 0.625. The maximum atomic E-state index is 12.0. The van der Waals surface area contributed by atoms with E-state index in [1.807, 2.05) is 18.2 Å². The van der Waals surface area contributed by atoms with E-state index in [0.29, 0.717) is 25.0 Å². The molecule has 0 saturated heterocycles. The molecule has 1 aromatic rings. The van der Waals surface area contributed by atoms with E-state index < -0.39 is 18.0 Å². The van der Waals surface area contributed by atoms with Crippen molar-refractivity contribution in [3.63, 3.8) is 0 Å². The fourth-order valence-electron chi connectivity index (χ4n) is 2.20. The molecular formula is C16H18O4. The van der Waals surface area contributed by atoms with Crippen molar-refractivity contribution in [3.8, 4) is 0 Å². The number of benzene rings is 1. The van der Waals surface area contributed by atoms with Crippen molar-refractivity contribution >= 4 is 11.9 Å². The van der Waals surface area contributed by atoms with Crippen molar-refractivity contribution < 1.29 is 19.1 Å². The lowest BCUT2D eigenvalue weighted by molar-refractivity contribution is -0.152. The summed E-state index contributed by atoms with van der Waals surface area (Å²) in [5.41, 5.74) is 0.490. The fraction of sp³-hybridized carbons (Fsp3) is 0.375. The van der Waals surface area contributed by atoms with Gasteiger partial charge in [0, 0.05) is 6.42 Å².